The molecule has 0 atom stereocenters. The lowest BCUT2D eigenvalue weighted by Gasteiger charge is -2.16. The molecule has 4 heteroatoms. The monoisotopic (exact) mass is 276 g/mol. The van der Waals surface area contributed by atoms with Gasteiger partial charge in [-0.25, -0.2) is 0 Å². The molecule has 1 heterocycles. The first-order valence-corrected chi connectivity index (χ1v) is 7.07. The van der Waals surface area contributed by atoms with Crippen LogP contribution in [0.25, 0.3) is 11.0 Å². The fourth-order valence-electron chi connectivity index (χ4n) is 2.28. The molecule has 0 bridgehead atoms. The Balaban J connectivity index is 1.83. The van der Waals surface area contributed by atoms with E-state index in [-0.39, 0.29) is 0 Å². The van der Waals surface area contributed by atoms with Crippen molar-refractivity contribution in [3.8, 4) is 0 Å². The van der Waals surface area contributed by atoms with Crippen LogP contribution in [0, 0.1) is 6.92 Å². The van der Waals surface area contributed by atoms with Gasteiger partial charge in [-0.2, -0.15) is 0 Å². The Morgan fingerprint density at radius 3 is 2.85 bits per heavy atom. The Morgan fingerprint density at radius 1 is 1.25 bits per heavy atom. The first-order valence-electron chi connectivity index (χ1n) is 7.07. The van der Waals surface area contributed by atoms with Crippen LogP contribution in [0.2, 0.25) is 0 Å². The Morgan fingerprint density at radius 2 is 2.05 bits per heavy atom. The van der Waals surface area contributed by atoms with Crippen molar-refractivity contribution in [2.75, 3.05) is 40.4 Å². The molecule has 0 unspecified atom stereocenters. The van der Waals surface area contributed by atoms with Crippen molar-refractivity contribution in [3.05, 3.63) is 35.6 Å². The Hall–Kier alpha value is -1.36. The molecule has 0 amide bonds. The summed E-state index contributed by atoms with van der Waals surface area (Å²) in [6.45, 7) is 6.59. The number of methoxy groups -OCH3 is 1. The second-order valence-corrected chi connectivity index (χ2v) is 5.11. The molecule has 2 rings (SSSR count). The van der Waals surface area contributed by atoms with Crippen molar-refractivity contribution in [1.29, 1.82) is 0 Å². The molecule has 0 radical (unpaired) electrons. The quantitative estimate of drug-likeness (QED) is 0.751. The number of fused-ring (bicyclic) bond motifs is 1. The van der Waals surface area contributed by atoms with Gasteiger partial charge in [-0.05, 0) is 20.0 Å². The van der Waals surface area contributed by atoms with Gasteiger partial charge in [-0.1, -0.05) is 18.2 Å². The summed E-state index contributed by atoms with van der Waals surface area (Å²) in [7, 11) is 3.85. The number of ether oxygens (including phenoxy) is 1. The van der Waals surface area contributed by atoms with Crippen LogP contribution >= 0.6 is 0 Å². The molecular formula is C16H24N2O2. The average molecular weight is 276 g/mol. The topological polar surface area (TPSA) is 37.6 Å². The van der Waals surface area contributed by atoms with Gasteiger partial charge in [0.2, 0.25) is 0 Å². The molecule has 0 fully saturated rings. The minimum absolute atomic E-state index is 0.780. The van der Waals surface area contributed by atoms with E-state index in [1.807, 2.05) is 19.1 Å². The summed E-state index contributed by atoms with van der Waals surface area (Å²) in [5.41, 5.74) is 2.24. The lowest BCUT2D eigenvalue weighted by Crippen LogP contribution is -2.31. The standard InChI is InChI=1S/C16H24N2O2/c1-13-15(14-6-4-5-7-16(14)20-13)12-17-8-9-18(2)10-11-19-3/h4-7,17H,8-12H2,1-3H3. The van der Waals surface area contributed by atoms with Crippen molar-refractivity contribution in [2.24, 2.45) is 0 Å². The molecular weight excluding hydrogens is 252 g/mol. The smallest absolute Gasteiger partial charge is 0.134 e. The number of benzene rings is 1. The van der Waals surface area contributed by atoms with Crippen LogP contribution in [0.5, 0.6) is 0 Å². The fourth-order valence-corrected chi connectivity index (χ4v) is 2.28. The lowest BCUT2D eigenvalue weighted by atomic mass is 10.1. The normalized spacial score (nSPS) is 11.6. The minimum atomic E-state index is 0.780. The van der Waals surface area contributed by atoms with Gasteiger partial charge in [0.1, 0.15) is 11.3 Å². The molecule has 1 N–H and O–H groups in total. The maximum absolute atomic E-state index is 5.76. The summed E-state index contributed by atoms with van der Waals surface area (Å²) in [5.74, 6) is 1.01. The van der Waals surface area contributed by atoms with Crippen LogP contribution in [0.4, 0.5) is 0 Å². The Bertz CT molecular complexity index is 536. The first-order chi connectivity index (χ1) is 9.72. The summed E-state index contributed by atoms with van der Waals surface area (Å²) in [6, 6.07) is 8.20. The number of hydrogen-bond donors (Lipinski definition) is 1. The highest BCUT2D eigenvalue weighted by molar-refractivity contribution is 5.82. The van der Waals surface area contributed by atoms with Gasteiger partial charge in [-0.3, -0.25) is 0 Å². The van der Waals surface area contributed by atoms with Gasteiger partial charge in [0, 0.05) is 44.2 Å². The predicted molar refractivity (Wildman–Crippen MR) is 82.0 cm³/mol. The Kier molecular flexibility index (Phi) is 5.59. The molecule has 2 aromatic rings. The van der Waals surface area contributed by atoms with E-state index in [1.165, 1.54) is 10.9 Å². The highest BCUT2D eigenvalue weighted by Gasteiger charge is 2.09. The molecule has 0 aliphatic rings. The van der Waals surface area contributed by atoms with Gasteiger partial charge in [-0.15, -0.1) is 0 Å². The second-order valence-electron chi connectivity index (χ2n) is 5.11. The molecule has 110 valence electrons. The number of nitrogens with one attached hydrogen (secondary N) is 1. The van der Waals surface area contributed by atoms with E-state index in [4.69, 9.17) is 9.15 Å². The summed E-state index contributed by atoms with van der Waals surface area (Å²) in [6.07, 6.45) is 0. The van der Waals surface area contributed by atoms with Gasteiger partial charge in [0.25, 0.3) is 0 Å². The maximum atomic E-state index is 5.76. The predicted octanol–water partition coefficient (Wildman–Crippen LogP) is 2.41. The summed E-state index contributed by atoms with van der Waals surface area (Å²) in [4.78, 5) is 2.26. The van der Waals surface area contributed by atoms with Crippen molar-refractivity contribution in [1.82, 2.24) is 10.2 Å². The number of aryl methyl sites for hydroxylation is 1. The highest BCUT2D eigenvalue weighted by atomic mass is 16.5. The summed E-state index contributed by atoms with van der Waals surface area (Å²) < 4.78 is 10.8. The SMILES string of the molecule is COCCN(C)CCNCc1c(C)oc2ccccc12. The minimum Gasteiger partial charge on any atom is -0.461 e. The van der Waals surface area contributed by atoms with Crippen LogP contribution < -0.4 is 5.32 Å². The molecule has 0 aliphatic heterocycles. The van der Waals surface area contributed by atoms with Crippen LogP contribution in [-0.2, 0) is 11.3 Å². The first kappa shape index (κ1) is 15.0. The van der Waals surface area contributed by atoms with Crippen LogP contribution in [0.1, 0.15) is 11.3 Å². The molecule has 0 aliphatic carbocycles. The van der Waals surface area contributed by atoms with Gasteiger partial charge in [0.15, 0.2) is 0 Å². The van der Waals surface area contributed by atoms with E-state index in [0.29, 0.717) is 0 Å². The number of furan rings is 1. The third-order valence-electron chi connectivity index (χ3n) is 3.55. The maximum Gasteiger partial charge on any atom is 0.134 e. The molecule has 0 spiro atoms. The number of rotatable bonds is 8. The molecule has 0 saturated carbocycles. The molecule has 1 aromatic carbocycles. The van der Waals surface area contributed by atoms with Crippen molar-refractivity contribution < 1.29 is 9.15 Å². The lowest BCUT2D eigenvalue weighted by molar-refractivity contribution is 0.161. The number of para-hydroxylation sites is 1. The zero-order valence-corrected chi connectivity index (χ0v) is 12.6. The third-order valence-corrected chi connectivity index (χ3v) is 3.55. The molecule has 1 aromatic heterocycles. The van der Waals surface area contributed by atoms with Gasteiger partial charge >= 0.3 is 0 Å². The molecule has 20 heavy (non-hydrogen) atoms. The van der Waals surface area contributed by atoms with Crippen molar-refractivity contribution in [2.45, 2.75) is 13.5 Å². The second kappa shape index (κ2) is 7.43. The van der Waals surface area contributed by atoms with Gasteiger partial charge in [0.05, 0.1) is 6.61 Å². The van der Waals surface area contributed by atoms with Gasteiger partial charge < -0.3 is 19.4 Å². The molecule has 4 nitrogen and oxygen atoms in total. The largest absolute Gasteiger partial charge is 0.461 e. The summed E-state index contributed by atoms with van der Waals surface area (Å²) >= 11 is 0. The van der Waals surface area contributed by atoms with Crippen molar-refractivity contribution >= 4 is 11.0 Å². The highest BCUT2D eigenvalue weighted by Crippen LogP contribution is 2.24. The number of likely N-dealkylation sites (N-methyl/N-ethyl adjacent to an activating group) is 1. The Labute approximate surface area is 120 Å². The van der Waals surface area contributed by atoms with E-state index in [1.54, 1.807) is 7.11 Å². The number of hydrogen-bond acceptors (Lipinski definition) is 4. The average Bonchev–Trinajstić information content (AvgIpc) is 2.77. The van der Waals surface area contributed by atoms with Crippen LogP contribution in [0.15, 0.2) is 28.7 Å². The zero-order chi connectivity index (χ0) is 14.4. The van der Waals surface area contributed by atoms with E-state index in [2.05, 4.69) is 29.4 Å². The van der Waals surface area contributed by atoms with Crippen molar-refractivity contribution in [3.63, 3.8) is 0 Å². The van der Waals surface area contributed by atoms with E-state index < -0.39 is 0 Å². The van der Waals surface area contributed by atoms with E-state index in [0.717, 1.165) is 44.1 Å². The number of nitrogens with zero attached hydrogens (tertiary/aromatic N) is 1. The van der Waals surface area contributed by atoms with Crippen LogP contribution in [-0.4, -0.2) is 45.3 Å². The molecule has 0 saturated heterocycles. The summed E-state index contributed by atoms with van der Waals surface area (Å²) in [5, 5.41) is 4.70. The van der Waals surface area contributed by atoms with E-state index >= 15 is 0 Å². The van der Waals surface area contributed by atoms with E-state index in [9.17, 15) is 0 Å². The zero-order valence-electron chi connectivity index (χ0n) is 12.6. The van der Waals surface area contributed by atoms with Crippen LogP contribution in [0.3, 0.4) is 0 Å². The fraction of sp³-hybridized carbons (Fsp3) is 0.500. The third kappa shape index (κ3) is 3.82.